The predicted octanol–water partition coefficient (Wildman–Crippen LogP) is 2.77. The Bertz CT molecular complexity index is 650. The Labute approximate surface area is 135 Å². The minimum absolute atomic E-state index is 0.669. The highest BCUT2D eigenvalue weighted by atomic mass is 32.1. The maximum atomic E-state index is 5.47. The summed E-state index contributed by atoms with van der Waals surface area (Å²) in [4.78, 5) is 9.91. The quantitative estimate of drug-likeness (QED) is 0.870. The molecule has 0 spiro atoms. The summed E-state index contributed by atoms with van der Waals surface area (Å²) in [6, 6.07) is 7.34. The number of hydrogen-bond donors (Lipinski definition) is 0. The van der Waals surface area contributed by atoms with Crippen LogP contribution in [-0.4, -0.2) is 55.3 Å². The van der Waals surface area contributed by atoms with Crippen LogP contribution < -0.4 is 4.90 Å². The number of rotatable bonds is 3. The van der Waals surface area contributed by atoms with Crippen molar-refractivity contribution in [2.24, 2.45) is 0 Å². The van der Waals surface area contributed by atoms with E-state index in [9.17, 15) is 0 Å². The van der Waals surface area contributed by atoms with Gasteiger partial charge in [0.1, 0.15) is 0 Å². The minimum atomic E-state index is 0.669. The highest BCUT2D eigenvalue weighted by Crippen LogP contribution is 2.32. The number of aromatic nitrogens is 1. The number of ether oxygens (including phenoxy) is 1. The summed E-state index contributed by atoms with van der Waals surface area (Å²) in [5.41, 5.74) is 2.54. The van der Waals surface area contributed by atoms with E-state index in [0.29, 0.717) is 6.04 Å². The first-order chi connectivity index (χ1) is 10.8. The molecule has 1 aromatic carbocycles. The Kier molecular flexibility index (Phi) is 4.03. The van der Waals surface area contributed by atoms with E-state index in [0.717, 1.165) is 51.3 Å². The van der Waals surface area contributed by atoms with Crippen molar-refractivity contribution in [3.63, 3.8) is 0 Å². The first-order valence-corrected chi connectivity index (χ1v) is 9.11. The number of benzene rings is 1. The topological polar surface area (TPSA) is 28.6 Å². The molecule has 2 aliphatic heterocycles. The molecule has 0 N–H and O–H groups in total. The molecule has 0 saturated carbocycles. The Morgan fingerprint density at radius 1 is 1.27 bits per heavy atom. The number of thiazole rings is 1. The van der Waals surface area contributed by atoms with Crippen molar-refractivity contribution < 1.29 is 4.74 Å². The third-order valence-corrected chi connectivity index (χ3v) is 5.92. The van der Waals surface area contributed by atoms with Crippen LogP contribution in [0.4, 0.5) is 5.13 Å². The van der Waals surface area contributed by atoms with Crippen LogP contribution in [0.5, 0.6) is 0 Å². The van der Waals surface area contributed by atoms with E-state index >= 15 is 0 Å². The number of fused-ring (bicyclic) bond motifs is 1. The second kappa shape index (κ2) is 6.14. The first-order valence-electron chi connectivity index (χ1n) is 8.29. The van der Waals surface area contributed by atoms with Gasteiger partial charge in [0, 0.05) is 32.2 Å². The molecular formula is C17H23N3OS. The van der Waals surface area contributed by atoms with Gasteiger partial charge in [0.25, 0.3) is 0 Å². The maximum absolute atomic E-state index is 5.47. The smallest absolute Gasteiger partial charge is 0.186 e. The van der Waals surface area contributed by atoms with Crippen molar-refractivity contribution in [2.75, 3.05) is 44.3 Å². The van der Waals surface area contributed by atoms with E-state index in [-0.39, 0.29) is 0 Å². The number of aryl methyl sites for hydroxylation is 1. The summed E-state index contributed by atoms with van der Waals surface area (Å²) in [6.07, 6.45) is 2.34. The number of hydrogen-bond acceptors (Lipinski definition) is 5. The van der Waals surface area contributed by atoms with E-state index in [1.165, 1.54) is 21.8 Å². The van der Waals surface area contributed by atoms with Gasteiger partial charge in [-0.1, -0.05) is 24.3 Å². The lowest BCUT2D eigenvalue weighted by atomic mass is 10.2. The average Bonchev–Trinajstić information content (AvgIpc) is 3.21. The monoisotopic (exact) mass is 317 g/mol. The second-order valence-corrected chi connectivity index (χ2v) is 7.20. The zero-order valence-corrected chi connectivity index (χ0v) is 13.9. The molecule has 2 aliphatic rings. The van der Waals surface area contributed by atoms with Crippen molar-refractivity contribution >= 4 is 26.7 Å². The van der Waals surface area contributed by atoms with Gasteiger partial charge in [-0.15, -0.1) is 0 Å². The Morgan fingerprint density at radius 2 is 2.14 bits per heavy atom. The van der Waals surface area contributed by atoms with Crippen molar-refractivity contribution in [3.8, 4) is 0 Å². The van der Waals surface area contributed by atoms with Crippen LogP contribution in [0.3, 0.4) is 0 Å². The van der Waals surface area contributed by atoms with Crippen LogP contribution >= 0.6 is 11.3 Å². The Balaban J connectivity index is 1.50. The van der Waals surface area contributed by atoms with Crippen LogP contribution in [0.1, 0.15) is 18.9 Å². The molecule has 4 nitrogen and oxygen atoms in total. The molecule has 0 bridgehead atoms. The largest absolute Gasteiger partial charge is 0.379 e. The predicted molar refractivity (Wildman–Crippen MR) is 92.0 cm³/mol. The molecular weight excluding hydrogens is 294 g/mol. The van der Waals surface area contributed by atoms with Crippen molar-refractivity contribution in [1.82, 2.24) is 9.88 Å². The second-order valence-electron chi connectivity index (χ2n) is 6.19. The number of anilines is 1. The van der Waals surface area contributed by atoms with Gasteiger partial charge in [0.15, 0.2) is 5.13 Å². The highest BCUT2D eigenvalue weighted by molar-refractivity contribution is 7.22. The molecule has 1 atom stereocenters. The molecule has 2 fully saturated rings. The van der Waals surface area contributed by atoms with Crippen molar-refractivity contribution in [1.29, 1.82) is 0 Å². The lowest BCUT2D eigenvalue weighted by molar-refractivity contribution is 0.0209. The van der Waals surface area contributed by atoms with Crippen LogP contribution in [-0.2, 0) is 11.2 Å². The highest BCUT2D eigenvalue weighted by Gasteiger charge is 2.30. The Hall–Kier alpha value is -1.17. The van der Waals surface area contributed by atoms with E-state index in [1.807, 2.05) is 11.3 Å². The van der Waals surface area contributed by atoms with Gasteiger partial charge in [-0.2, -0.15) is 0 Å². The Morgan fingerprint density at radius 3 is 2.95 bits per heavy atom. The van der Waals surface area contributed by atoms with Crippen LogP contribution in [0.15, 0.2) is 18.2 Å². The van der Waals surface area contributed by atoms with E-state index in [2.05, 4.69) is 34.9 Å². The van der Waals surface area contributed by atoms with Gasteiger partial charge in [-0.05, 0) is 30.5 Å². The normalized spacial score (nSPS) is 23.5. The summed E-state index contributed by atoms with van der Waals surface area (Å²) in [5, 5.41) is 1.19. The lowest BCUT2D eigenvalue weighted by Crippen LogP contribution is -2.44. The molecule has 0 aliphatic carbocycles. The summed E-state index contributed by atoms with van der Waals surface area (Å²) in [5.74, 6) is 0. The molecule has 1 unspecified atom stereocenters. The average molecular weight is 317 g/mol. The molecule has 3 heterocycles. The molecule has 2 aromatic rings. The zero-order valence-electron chi connectivity index (χ0n) is 13.1. The van der Waals surface area contributed by atoms with Crippen LogP contribution in [0.25, 0.3) is 10.2 Å². The number of nitrogens with zero attached hydrogens (tertiary/aromatic N) is 3. The molecule has 4 rings (SSSR count). The van der Waals surface area contributed by atoms with Gasteiger partial charge < -0.3 is 9.64 Å². The van der Waals surface area contributed by atoms with Crippen molar-refractivity contribution in [3.05, 3.63) is 23.8 Å². The van der Waals surface area contributed by atoms with Gasteiger partial charge in [0.05, 0.1) is 23.4 Å². The standard InChI is InChI=1S/C17H23N3OS/c1-2-13-3-4-15-16(11-13)22-17(18-15)20-6-5-14(12-20)19-7-9-21-10-8-19/h3-4,11,14H,2,5-10,12H2,1H3. The van der Waals surface area contributed by atoms with E-state index in [4.69, 9.17) is 9.72 Å². The van der Waals surface area contributed by atoms with Gasteiger partial charge in [-0.25, -0.2) is 4.98 Å². The van der Waals surface area contributed by atoms with Gasteiger partial charge >= 0.3 is 0 Å². The summed E-state index contributed by atoms with van der Waals surface area (Å²) < 4.78 is 6.79. The first kappa shape index (κ1) is 14.4. The van der Waals surface area contributed by atoms with Crippen LogP contribution in [0.2, 0.25) is 0 Å². The zero-order chi connectivity index (χ0) is 14.9. The third-order valence-electron chi connectivity index (χ3n) is 4.85. The maximum Gasteiger partial charge on any atom is 0.186 e. The third kappa shape index (κ3) is 2.73. The molecule has 0 radical (unpaired) electrons. The molecule has 2 saturated heterocycles. The lowest BCUT2D eigenvalue weighted by Gasteiger charge is -2.32. The van der Waals surface area contributed by atoms with Gasteiger partial charge in [0.2, 0.25) is 0 Å². The molecule has 1 aromatic heterocycles. The molecule has 5 heteroatoms. The number of morpholine rings is 1. The van der Waals surface area contributed by atoms with E-state index < -0.39 is 0 Å². The van der Waals surface area contributed by atoms with Crippen LogP contribution in [0, 0.1) is 0 Å². The SMILES string of the molecule is CCc1ccc2nc(N3CCC(N4CCOCC4)C3)sc2c1. The molecule has 118 valence electrons. The molecule has 22 heavy (non-hydrogen) atoms. The van der Waals surface area contributed by atoms with Crippen molar-refractivity contribution in [2.45, 2.75) is 25.8 Å². The van der Waals surface area contributed by atoms with Gasteiger partial charge in [-0.3, -0.25) is 4.90 Å². The summed E-state index contributed by atoms with van der Waals surface area (Å²) >= 11 is 1.84. The fourth-order valence-corrected chi connectivity index (χ4v) is 4.53. The fraction of sp³-hybridized carbons (Fsp3) is 0.588. The summed E-state index contributed by atoms with van der Waals surface area (Å²) in [6.45, 7) is 8.38. The summed E-state index contributed by atoms with van der Waals surface area (Å²) in [7, 11) is 0. The van der Waals surface area contributed by atoms with E-state index in [1.54, 1.807) is 0 Å². The molecule has 0 amide bonds. The minimum Gasteiger partial charge on any atom is -0.379 e. The fourth-order valence-electron chi connectivity index (χ4n) is 3.47.